The van der Waals surface area contributed by atoms with Crippen molar-refractivity contribution in [3.63, 3.8) is 0 Å². The van der Waals surface area contributed by atoms with Crippen molar-refractivity contribution >= 4 is 23.4 Å². The summed E-state index contributed by atoms with van der Waals surface area (Å²) < 4.78 is 16.0. The molecule has 2 aliphatic heterocycles. The molecule has 0 amide bonds. The average Bonchev–Trinajstić information content (AvgIpc) is 2.93. The first kappa shape index (κ1) is 15.5. The van der Waals surface area contributed by atoms with Gasteiger partial charge in [-0.3, -0.25) is 0 Å². The number of aliphatic hydroxyl groups excluding tert-OH is 1. The van der Waals surface area contributed by atoms with Crippen LogP contribution in [0, 0.1) is 11.8 Å². The van der Waals surface area contributed by atoms with E-state index in [1.165, 1.54) is 0 Å². The molecule has 0 spiro atoms. The molecule has 2 heterocycles. The number of hydrogen-bond acceptors (Lipinski definition) is 5. The molecule has 0 aromatic rings. The molecule has 20 heavy (non-hydrogen) atoms. The fourth-order valence-corrected chi connectivity index (χ4v) is 3.30. The maximum atomic E-state index is 11.4. The summed E-state index contributed by atoms with van der Waals surface area (Å²) in [6.07, 6.45) is 2.90. The van der Waals surface area contributed by atoms with E-state index in [1.807, 2.05) is 0 Å². The number of hydrogen-bond donors (Lipinski definition) is 1. The predicted molar refractivity (Wildman–Crippen MR) is 76.9 cm³/mol. The van der Waals surface area contributed by atoms with Crippen molar-refractivity contribution in [3.05, 3.63) is 0 Å². The Morgan fingerprint density at radius 1 is 1.35 bits per heavy atom. The van der Waals surface area contributed by atoms with Crippen LogP contribution >= 0.6 is 12.2 Å². The molecule has 114 valence electrons. The zero-order valence-corrected chi connectivity index (χ0v) is 12.7. The van der Waals surface area contributed by atoms with E-state index >= 15 is 0 Å². The topological polar surface area (TPSA) is 65.0 Å². The van der Waals surface area contributed by atoms with Gasteiger partial charge in [-0.05, 0) is 51.2 Å². The maximum absolute atomic E-state index is 11.4. The van der Waals surface area contributed by atoms with Crippen LogP contribution in [0.1, 0.15) is 39.5 Å². The van der Waals surface area contributed by atoms with Crippen LogP contribution < -0.4 is 0 Å². The van der Waals surface area contributed by atoms with Crippen molar-refractivity contribution in [1.29, 1.82) is 0 Å². The standard InChI is InChI=1S/C14H22O5S/c1-8(2)18-14(16)17-7-10-9(3-6-13(15)20)11-4-5-12(10)19-11/h8-12H,3-7H2,1-2H3,(H,15,20)/t9-,10+,11-,12+/m0/s1. The second-order valence-corrected chi connectivity index (χ2v) is 6.25. The van der Waals surface area contributed by atoms with E-state index in [2.05, 4.69) is 0 Å². The second-order valence-electron chi connectivity index (χ2n) is 5.78. The SMILES string of the molecule is CC(C)OC(=O)OC[C@@H]1[C@H](CCC(O)=S)[C@@H]2CC[C@H]1O2. The highest BCUT2D eigenvalue weighted by molar-refractivity contribution is 7.80. The van der Waals surface area contributed by atoms with E-state index in [0.717, 1.165) is 19.3 Å². The quantitative estimate of drug-likeness (QED) is 0.601. The first-order valence-corrected chi connectivity index (χ1v) is 7.59. The highest BCUT2D eigenvalue weighted by Crippen LogP contribution is 2.45. The van der Waals surface area contributed by atoms with Gasteiger partial charge in [0.1, 0.15) is 6.61 Å². The molecule has 2 rings (SSSR count). The predicted octanol–water partition coefficient (Wildman–Crippen LogP) is 3.01. The summed E-state index contributed by atoms with van der Waals surface area (Å²) in [4.78, 5) is 11.4. The molecule has 0 unspecified atom stereocenters. The van der Waals surface area contributed by atoms with E-state index in [0.29, 0.717) is 18.9 Å². The lowest BCUT2D eigenvalue weighted by atomic mass is 9.77. The van der Waals surface area contributed by atoms with Crippen LogP contribution in [0.4, 0.5) is 4.79 Å². The summed E-state index contributed by atoms with van der Waals surface area (Å²) in [7, 11) is 0. The van der Waals surface area contributed by atoms with Crippen LogP contribution in [0.25, 0.3) is 0 Å². The first-order chi connectivity index (χ1) is 9.47. The molecule has 0 aromatic heterocycles. The molecule has 2 fully saturated rings. The molecule has 0 aliphatic carbocycles. The van der Waals surface area contributed by atoms with Crippen molar-refractivity contribution in [2.45, 2.75) is 57.8 Å². The highest BCUT2D eigenvalue weighted by Gasteiger charge is 2.48. The lowest BCUT2D eigenvalue weighted by molar-refractivity contribution is 0.0127. The third-order valence-electron chi connectivity index (χ3n) is 4.01. The monoisotopic (exact) mass is 302 g/mol. The zero-order valence-electron chi connectivity index (χ0n) is 11.9. The molecule has 2 bridgehead atoms. The summed E-state index contributed by atoms with van der Waals surface area (Å²) >= 11 is 4.72. The minimum absolute atomic E-state index is 0.0339. The fraction of sp³-hybridized carbons (Fsp3) is 0.857. The lowest BCUT2D eigenvalue weighted by Gasteiger charge is -2.27. The van der Waals surface area contributed by atoms with Crippen LogP contribution in [-0.2, 0) is 14.2 Å². The van der Waals surface area contributed by atoms with Gasteiger partial charge in [0, 0.05) is 12.3 Å². The third-order valence-corrected chi connectivity index (χ3v) is 4.21. The Morgan fingerprint density at radius 2 is 2.00 bits per heavy atom. The second kappa shape index (κ2) is 6.72. The van der Waals surface area contributed by atoms with Crippen LogP contribution in [0.3, 0.4) is 0 Å². The van der Waals surface area contributed by atoms with Crippen LogP contribution in [0.2, 0.25) is 0 Å². The summed E-state index contributed by atoms with van der Waals surface area (Å²) in [6.45, 7) is 3.88. The van der Waals surface area contributed by atoms with E-state index in [4.69, 9.17) is 26.4 Å². The molecule has 5 nitrogen and oxygen atoms in total. The summed E-state index contributed by atoms with van der Waals surface area (Å²) in [5.74, 6) is 0.480. The molecule has 0 saturated carbocycles. The van der Waals surface area contributed by atoms with Gasteiger partial charge >= 0.3 is 6.16 Å². The summed E-state index contributed by atoms with van der Waals surface area (Å²) in [6, 6.07) is 0. The molecule has 2 aliphatic rings. The molecular weight excluding hydrogens is 280 g/mol. The summed E-state index contributed by atoms with van der Waals surface area (Å²) in [5, 5.41) is 9.21. The Bertz CT molecular complexity index is 371. The lowest BCUT2D eigenvalue weighted by Crippen LogP contribution is -2.32. The smallest absolute Gasteiger partial charge is 0.502 e. The number of carbonyl (C=O) groups is 1. The minimum Gasteiger partial charge on any atom is -0.502 e. The van der Waals surface area contributed by atoms with Crippen molar-refractivity contribution in [2.24, 2.45) is 11.8 Å². The molecule has 1 N–H and O–H groups in total. The van der Waals surface area contributed by atoms with Gasteiger partial charge in [-0.1, -0.05) is 0 Å². The Morgan fingerprint density at radius 3 is 2.60 bits per heavy atom. The van der Waals surface area contributed by atoms with E-state index in [9.17, 15) is 9.90 Å². The van der Waals surface area contributed by atoms with Crippen molar-refractivity contribution < 1.29 is 24.1 Å². The van der Waals surface area contributed by atoms with Gasteiger partial charge in [-0.25, -0.2) is 4.79 Å². The first-order valence-electron chi connectivity index (χ1n) is 7.18. The normalized spacial score (nSPS) is 31.6. The van der Waals surface area contributed by atoms with Crippen LogP contribution in [0.5, 0.6) is 0 Å². The molecule has 0 aromatic carbocycles. The van der Waals surface area contributed by atoms with Crippen LogP contribution in [0.15, 0.2) is 0 Å². The number of carbonyl (C=O) groups excluding carboxylic acids is 1. The van der Waals surface area contributed by atoms with Crippen molar-refractivity contribution in [3.8, 4) is 0 Å². The average molecular weight is 302 g/mol. The van der Waals surface area contributed by atoms with Gasteiger partial charge in [0.05, 0.1) is 18.3 Å². The highest BCUT2D eigenvalue weighted by atomic mass is 32.1. The van der Waals surface area contributed by atoms with Crippen molar-refractivity contribution in [2.75, 3.05) is 6.61 Å². The van der Waals surface area contributed by atoms with Gasteiger partial charge in [-0.2, -0.15) is 0 Å². The van der Waals surface area contributed by atoms with E-state index < -0.39 is 6.16 Å². The van der Waals surface area contributed by atoms with Crippen LogP contribution in [-0.4, -0.2) is 41.2 Å². The maximum Gasteiger partial charge on any atom is 0.508 e. The van der Waals surface area contributed by atoms with Gasteiger partial charge < -0.3 is 19.3 Å². The van der Waals surface area contributed by atoms with Gasteiger partial charge in [0.15, 0.2) is 5.05 Å². The van der Waals surface area contributed by atoms with E-state index in [-0.39, 0.29) is 29.3 Å². The number of thiocarbonyl (C=S) groups is 1. The van der Waals surface area contributed by atoms with Gasteiger partial charge in [-0.15, -0.1) is 0 Å². The number of fused-ring (bicyclic) bond motifs is 2. The largest absolute Gasteiger partial charge is 0.508 e. The molecule has 6 heteroatoms. The summed E-state index contributed by atoms with van der Waals surface area (Å²) in [5.41, 5.74) is 0. The Balaban J connectivity index is 1.84. The number of ether oxygens (including phenoxy) is 3. The minimum atomic E-state index is -0.626. The number of aliphatic hydroxyl groups is 1. The molecule has 0 radical (unpaired) electrons. The van der Waals surface area contributed by atoms with E-state index in [1.54, 1.807) is 13.8 Å². The fourth-order valence-electron chi connectivity index (χ4n) is 3.18. The van der Waals surface area contributed by atoms with Gasteiger partial charge in [0.25, 0.3) is 0 Å². The Kier molecular flexibility index (Phi) is 5.21. The zero-order chi connectivity index (χ0) is 14.7. The van der Waals surface area contributed by atoms with Crippen molar-refractivity contribution in [1.82, 2.24) is 0 Å². The molecule has 2 saturated heterocycles. The molecular formula is C14H22O5S. The van der Waals surface area contributed by atoms with Gasteiger partial charge in [0.2, 0.25) is 0 Å². The molecule has 4 atom stereocenters. The third kappa shape index (κ3) is 3.82. The Labute approximate surface area is 124 Å². The number of rotatable bonds is 6. The Hall–Kier alpha value is -0.880.